The molecule has 1 N–H and O–H groups in total. The van der Waals surface area contributed by atoms with Gasteiger partial charge in [-0.2, -0.15) is 5.10 Å². The topological polar surface area (TPSA) is 80.1 Å². The smallest absolute Gasteiger partial charge is 0.314 e. The van der Waals surface area contributed by atoms with Crippen LogP contribution in [-0.2, 0) is 23.1 Å². The van der Waals surface area contributed by atoms with Crippen LogP contribution in [0.2, 0.25) is 0 Å². The monoisotopic (exact) mass is 349 g/mol. The van der Waals surface area contributed by atoms with Gasteiger partial charge in [-0.05, 0) is 18.6 Å². The number of nitrogens with one attached hydrogen (secondary N) is 1. The summed E-state index contributed by atoms with van der Waals surface area (Å²) in [7, 11) is 1.46. The molecule has 1 atom stereocenters. The third-order valence-electron chi connectivity index (χ3n) is 4.20. The summed E-state index contributed by atoms with van der Waals surface area (Å²) in [5.41, 5.74) is 1.05. The Hall–Kier alpha value is -2.84. The van der Waals surface area contributed by atoms with E-state index in [4.69, 9.17) is 0 Å². The van der Waals surface area contributed by atoms with E-state index in [1.54, 1.807) is 19.2 Å². The molecule has 9 heteroatoms. The van der Waals surface area contributed by atoms with Crippen LogP contribution in [0.5, 0.6) is 0 Å². The second-order valence-corrected chi connectivity index (χ2v) is 5.82. The number of rotatable bonds is 2. The van der Waals surface area contributed by atoms with Gasteiger partial charge in [0.1, 0.15) is 0 Å². The molecule has 0 bridgehead atoms. The van der Waals surface area contributed by atoms with Crippen LogP contribution in [0, 0.1) is 0 Å². The van der Waals surface area contributed by atoms with Gasteiger partial charge in [-0.15, -0.1) is 0 Å². The van der Waals surface area contributed by atoms with Crippen molar-refractivity contribution >= 4 is 17.5 Å². The Labute approximate surface area is 142 Å². The molecule has 25 heavy (non-hydrogen) atoms. The maximum absolute atomic E-state index is 12.9. The van der Waals surface area contributed by atoms with Gasteiger partial charge in [0, 0.05) is 38.1 Å². The normalized spacial score (nSPS) is 16.7. The fourth-order valence-electron chi connectivity index (χ4n) is 2.97. The van der Waals surface area contributed by atoms with Gasteiger partial charge in [-0.1, -0.05) is 6.07 Å². The molecule has 0 aromatic carbocycles. The van der Waals surface area contributed by atoms with Crippen LogP contribution < -0.4 is 5.32 Å². The van der Waals surface area contributed by atoms with E-state index >= 15 is 0 Å². The van der Waals surface area contributed by atoms with Crippen LogP contribution in [0.15, 0.2) is 24.5 Å². The summed E-state index contributed by atoms with van der Waals surface area (Å²) in [5.74, 6) is -1.74. The number of carbonyl (C=O) groups is 2. The van der Waals surface area contributed by atoms with Crippen molar-refractivity contribution < 1.29 is 18.4 Å². The molecule has 7 nitrogen and oxygen atoms in total. The van der Waals surface area contributed by atoms with E-state index in [9.17, 15) is 18.4 Å². The summed E-state index contributed by atoms with van der Waals surface area (Å²) in [4.78, 5) is 30.4. The molecule has 1 unspecified atom stereocenters. The van der Waals surface area contributed by atoms with E-state index in [0.29, 0.717) is 13.0 Å². The Morgan fingerprint density at radius 3 is 2.88 bits per heavy atom. The summed E-state index contributed by atoms with van der Waals surface area (Å²) < 4.78 is 27.0. The summed E-state index contributed by atoms with van der Waals surface area (Å²) in [6.45, 7) is 2.14. The van der Waals surface area contributed by atoms with Gasteiger partial charge in [0.2, 0.25) is 0 Å². The number of nitrogens with zero attached hydrogens (tertiary/aromatic N) is 4. The minimum atomic E-state index is -2.85. The summed E-state index contributed by atoms with van der Waals surface area (Å²) in [6, 6.07) is 3.31. The highest BCUT2D eigenvalue weighted by molar-refractivity contribution is 6.39. The molecular formula is C16H17F2N5O2. The molecule has 0 spiro atoms. The van der Waals surface area contributed by atoms with Crippen LogP contribution in [-0.4, -0.2) is 38.0 Å². The minimum Gasteiger partial charge on any atom is -0.327 e. The molecule has 0 aliphatic carbocycles. The predicted molar refractivity (Wildman–Crippen MR) is 84.9 cm³/mol. The lowest BCUT2D eigenvalue weighted by atomic mass is 9.98. The maximum Gasteiger partial charge on any atom is 0.314 e. The summed E-state index contributed by atoms with van der Waals surface area (Å²) in [5, 5.41) is 5.84. The van der Waals surface area contributed by atoms with Crippen molar-refractivity contribution in [2.45, 2.75) is 25.8 Å². The average Bonchev–Trinajstić information content (AvgIpc) is 2.95. The number of halogens is 2. The van der Waals surface area contributed by atoms with Crippen LogP contribution in [0.25, 0.3) is 0 Å². The van der Waals surface area contributed by atoms with E-state index in [0.717, 1.165) is 15.9 Å². The molecule has 2 amide bonds. The molecule has 0 saturated carbocycles. The lowest BCUT2D eigenvalue weighted by molar-refractivity contribution is -0.145. The Morgan fingerprint density at radius 1 is 1.40 bits per heavy atom. The first-order valence-corrected chi connectivity index (χ1v) is 7.76. The van der Waals surface area contributed by atoms with Crippen molar-refractivity contribution in [3.8, 4) is 0 Å². The molecule has 3 heterocycles. The third-order valence-corrected chi connectivity index (χ3v) is 4.20. The quantitative estimate of drug-likeness (QED) is 0.839. The van der Waals surface area contributed by atoms with Gasteiger partial charge >= 0.3 is 11.8 Å². The van der Waals surface area contributed by atoms with Crippen molar-refractivity contribution in [2.24, 2.45) is 7.05 Å². The fraction of sp³-hybridized carbons (Fsp3) is 0.375. The van der Waals surface area contributed by atoms with Crippen molar-refractivity contribution in [3.05, 3.63) is 41.5 Å². The van der Waals surface area contributed by atoms with E-state index in [1.807, 2.05) is 6.07 Å². The highest BCUT2D eigenvalue weighted by Gasteiger charge is 2.32. The van der Waals surface area contributed by atoms with Crippen LogP contribution in [0.3, 0.4) is 0 Å². The lowest BCUT2D eigenvalue weighted by Gasteiger charge is -2.34. The van der Waals surface area contributed by atoms with E-state index in [1.165, 1.54) is 18.1 Å². The Bertz CT molecular complexity index is 821. The highest BCUT2D eigenvalue weighted by atomic mass is 19.3. The summed E-state index contributed by atoms with van der Waals surface area (Å²) >= 11 is 0. The second kappa shape index (κ2) is 6.58. The number of alkyl halides is 2. The Balaban J connectivity index is 1.77. The molecular weight excluding hydrogens is 332 g/mol. The van der Waals surface area contributed by atoms with Crippen molar-refractivity contribution in [1.82, 2.24) is 19.7 Å². The fourth-order valence-corrected chi connectivity index (χ4v) is 2.97. The van der Waals surface area contributed by atoms with E-state index in [2.05, 4.69) is 15.4 Å². The molecule has 2 aromatic heterocycles. The van der Waals surface area contributed by atoms with Crippen LogP contribution in [0.1, 0.15) is 36.3 Å². The maximum atomic E-state index is 12.9. The molecule has 0 saturated heterocycles. The van der Waals surface area contributed by atoms with Crippen molar-refractivity contribution in [1.29, 1.82) is 0 Å². The van der Waals surface area contributed by atoms with Gasteiger partial charge in [-0.3, -0.25) is 19.3 Å². The largest absolute Gasteiger partial charge is 0.327 e. The average molecular weight is 349 g/mol. The Kier molecular flexibility index (Phi) is 4.47. The standard InChI is InChI=1S/C16H17F2N5O2/c1-9-10-4-3-6-19-11(10)5-7-23(9)16(25)15(24)20-12-8-22(2)21-13(12)14(17)18/h3-4,6,8-9,14H,5,7H2,1-2H3,(H,20,24). The van der Waals surface area contributed by atoms with Crippen molar-refractivity contribution in [2.75, 3.05) is 11.9 Å². The van der Waals surface area contributed by atoms with E-state index in [-0.39, 0.29) is 11.7 Å². The van der Waals surface area contributed by atoms with Gasteiger partial charge in [0.05, 0.1) is 11.7 Å². The van der Waals surface area contributed by atoms with Gasteiger partial charge in [0.15, 0.2) is 5.69 Å². The molecule has 2 aromatic rings. The zero-order valence-electron chi connectivity index (χ0n) is 13.7. The van der Waals surface area contributed by atoms with Crippen LogP contribution >= 0.6 is 0 Å². The van der Waals surface area contributed by atoms with Crippen molar-refractivity contribution in [3.63, 3.8) is 0 Å². The number of carbonyl (C=O) groups excluding carboxylic acids is 2. The number of hydrogen-bond acceptors (Lipinski definition) is 4. The molecule has 132 valence electrons. The first-order chi connectivity index (χ1) is 11.9. The summed E-state index contributed by atoms with van der Waals surface area (Å²) in [6.07, 6.45) is 0.614. The zero-order chi connectivity index (χ0) is 18.1. The number of anilines is 1. The van der Waals surface area contributed by atoms with E-state index < -0.39 is 23.9 Å². The number of aromatic nitrogens is 3. The number of aryl methyl sites for hydroxylation is 1. The first kappa shape index (κ1) is 17.0. The Morgan fingerprint density at radius 2 is 2.16 bits per heavy atom. The SMILES string of the molecule is CC1c2cccnc2CCN1C(=O)C(=O)Nc1cn(C)nc1C(F)F. The van der Waals surface area contributed by atoms with Gasteiger partial charge in [0.25, 0.3) is 6.43 Å². The molecule has 0 radical (unpaired) electrons. The number of hydrogen-bond donors (Lipinski definition) is 1. The number of amides is 2. The first-order valence-electron chi connectivity index (χ1n) is 7.76. The zero-order valence-corrected chi connectivity index (χ0v) is 13.7. The molecule has 0 fully saturated rings. The molecule has 3 rings (SSSR count). The molecule has 1 aliphatic heterocycles. The minimum absolute atomic E-state index is 0.164. The second-order valence-electron chi connectivity index (χ2n) is 5.82. The third kappa shape index (κ3) is 3.21. The van der Waals surface area contributed by atoms with Gasteiger partial charge < -0.3 is 10.2 Å². The lowest BCUT2D eigenvalue weighted by Crippen LogP contribution is -2.44. The number of pyridine rings is 1. The molecule has 1 aliphatic rings. The highest BCUT2D eigenvalue weighted by Crippen LogP contribution is 2.29. The number of fused-ring (bicyclic) bond motifs is 1. The van der Waals surface area contributed by atoms with Gasteiger partial charge in [-0.25, -0.2) is 8.78 Å². The predicted octanol–water partition coefficient (Wildman–Crippen LogP) is 1.84. The van der Waals surface area contributed by atoms with Crippen LogP contribution in [0.4, 0.5) is 14.5 Å².